The molecule has 6 rings (SSSR count). The number of nitrogens with zero attached hydrogens (tertiary/aromatic N) is 2. The number of halogens is 1. The third-order valence-corrected chi connectivity index (χ3v) is 6.36. The number of rotatable bonds is 2. The molecule has 1 aromatic carbocycles. The van der Waals surface area contributed by atoms with Crippen molar-refractivity contribution in [1.29, 1.82) is 0 Å². The molecule has 2 bridgehead atoms. The van der Waals surface area contributed by atoms with E-state index < -0.39 is 0 Å². The van der Waals surface area contributed by atoms with E-state index in [0.29, 0.717) is 11.8 Å². The number of hydrazone groups is 1. The Morgan fingerprint density at radius 1 is 1.00 bits per heavy atom. The summed E-state index contributed by atoms with van der Waals surface area (Å²) < 4.78 is 0.982. The number of carbonyl (C=O) groups is 2. The van der Waals surface area contributed by atoms with Crippen LogP contribution >= 0.6 is 15.9 Å². The first kappa shape index (κ1) is 13.7. The maximum atomic E-state index is 12.7. The van der Waals surface area contributed by atoms with E-state index in [4.69, 9.17) is 0 Å². The highest BCUT2D eigenvalue weighted by Gasteiger charge is 2.67. The van der Waals surface area contributed by atoms with Crippen LogP contribution < -0.4 is 0 Å². The molecule has 5 aliphatic rings. The minimum Gasteiger partial charge on any atom is -0.272 e. The fraction of sp³-hybridized carbons (Fsp3) is 0.389. The lowest BCUT2D eigenvalue weighted by Gasteiger charge is -2.37. The van der Waals surface area contributed by atoms with Crippen LogP contribution in [0.2, 0.25) is 0 Å². The van der Waals surface area contributed by atoms with Gasteiger partial charge in [-0.05, 0) is 47.8 Å². The third kappa shape index (κ3) is 1.86. The normalized spacial score (nSPS) is 40.0. The van der Waals surface area contributed by atoms with Gasteiger partial charge in [-0.25, -0.2) is 0 Å². The Balaban J connectivity index is 1.44. The van der Waals surface area contributed by atoms with Crippen LogP contribution in [0.15, 0.2) is 46.0 Å². The highest BCUT2D eigenvalue weighted by molar-refractivity contribution is 9.10. The molecule has 2 amide bonds. The fourth-order valence-corrected chi connectivity index (χ4v) is 4.99. The van der Waals surface area contributed by atoms with Crippen molar-refractivity contribution >= 4 is 34.0 Å². The zero-order chi connectivity index (χ0) is 15.7. The van der Waals surface area contributed by atoms with Crippen molar-refractivity contribution in [3.63, 3.8) is 0 Å². The summed E-state index contributed by atoms with van der Waals surface area (Å²) in [4.78, 5) is 25.5. The Morgan fingerprint density at radius 3 is 2.13 bits per heavy atom. The summed E-state index contributed by atoms with van der Waals surface area (Å²) in [6.45, 7) is 0. The summed E-state index contributed by atoms with van der Waals surface area (Å²) in [6, 6.07) is 7.61. The van der Waals surface area contributed by atoms with Gasteiger partial charge in [0.1, 0.15) is 0 Å². The number of amides is 2. The molecule has 4 nitrogen and oxygen atoms in total. The average molecular weight is 371 g/mol. The lowest BCUT2D eigenvalue weighted by Crippen LogP contribution is -2.40. The fourth-order valence-electron chi connectivity index (χ4n) is 4.73. The van der Waals surface area contributed by atoms with Crippen molar-refractivity contribution in [2.75, 3.05) is 0 Å². The molecule has 116 valence electrons. The van der Waals surface area contributed by atoms with Crippen LogP contribution in [0, 0.1) is 35.5 Å². The van der Waals surface area contributed by atoms with Crippen molar-refractivity contribution in [1.82, 2.24) is 5.01 Å². The second kappa shape index (κ2) is 4.63. The minimum absolute atomic E-state index is 0.113. The number of benzene rings is 1. The van der Waals surface area contributed by atoms with Gasteiger partial charge in [-0.2, -0.15) is 10.1 Å². The van der Waals surface area contributed by atoms with Gasteiger partial charge in [-0.15, -0.1) is 0 Å². The van der Waals surface area contributed by atoms with Gasteiger partial charge in [0.25, 0.3) is 11.8 Å². The SMILES string of the molecule is O=C1C2C3C=CC(C4CC34)C2C(=O)N1N=Cc1ccc(Br)cc1. The molecule has 1 heterocycles. The number of carbonyl (C=O) groups excluding carboxylic acids is 2. The Hall–Kier alpha value is -1.75. The average Bonchev–Trinajstić information content (AvgIpc) is 3.33. The smallest absolute Gasteiger partial charge is 0.254 e. The second-order valence-corrected chi connectivity index (χ2v) is 7.85. The summed E-state index contributed by atoms with van der Waals surface area (Å²) in [5.74, 6) is 1.17. The molecule has 0 spiro atoms. The van der Waals surface area contributed by atoms with Gasteiger partial charge in [-0.1, -0.05) is 40.2 Å². The third-order valence-electron chi connectivity index (χ3n) is 5.83. The number of imide groups is 1. The maximum absolute atomic E-state index is 12.7. The van der Waals surface area contributed by atoms with Gasteiger partial charge in [0.05, 0.1) is 18.1 Å². The summed E-state index contributed by atoms with van der Waals surface area (Å²) in [5, 5.41) is 5.33. The Labute approximate surface area is 142 Å². The summed E-state index contributed by atoms with van der Waals surface area (Å²) in [7, 11) is 0. The molecular weight excluding hydrogens is 356 g/mol. The molecule has 6 unspecified atom stereocenters. The molecule has 23 heavy (non-hydrogen) atoms. The monoisotopic (exact) mass is 370 g/mol. The van der Waals surface area contributed by atoms with Crippen LogP contribution in [0.5, 0.6) is 0 Å². The standard InChI is InChI=1S/C18H15BrN2O2/c19-10-3-1-9(2-4-10)8-20-21-17(22)15-11-5-6-12(14-7-13(11)14)16(15)18(21)23/h1-6,8,11-16H,7H2. The molecule has 1 aliphatic heterocycles. The van der Waals surface area contributed by atoms with Crippen LogP contribution in [0.1, 0.15) is 12.0 Å². The highest BCUT2D eigenvalue weighted by Crippen LogP contribution is 2.65. The summed E-state index contributed by atoms with van der Waals surface area (Å²) in [6.07, 6.45) is 7.12. The highest BCUT2D eigenvalue weighted by atomic mass is 79.9. The summed E-state index contributed by atoms with van der Waals surface area (Å²) in [5.41, 5.74) is 0.868. The van der Waals surface area contributed by atoms with E-state index in [2.05, 4.69) is 33.2 Å². The maximum Gasteiger partial charge on any atom is 0.254 e. The van der Waals surface area contributed by atoms with Crippen LogP contribution in [-0.2, 0) is 9.59 Å². The van der Waals surface area contributed by atoms with Crippen molar-refractivity contribution in [2.45, 2.75) is 6.42 Å². The lowest BCUT2D eigenvalue weighted by atomic mass is 9.63. The van der Waals surface area contributed by atoms with E-state index >= 15 is 0 Å². The zero-order valence-electron chi connectivity index (χ0n) is 12.3. The van der Waals surface area contributed by atoms with Crippen LogP contribution in [-0.4, -0.2) is 23.0 Å². The van der Waals surface area contributed by atoms with Gasteiger partial charge >= 0.3 is 0 Å². The van der Waals surface area contributed by atoms with Crippen LogP contribution in [0.3, 0.4) is 0 Å². The van der Waals surface area contributed by atoms with Crippen LogP contribution in [0.4, 0.5) is 0 Å². The Kier molecular flexibility index (Phi) is 2.75. The molecule has 2 saturated carbocycles. The molecule has 0 N–H and O–H groups in total. The molecule has 1 saturated heterocycles. The number of hydrogen-bond donors (Lipinski definition) is 0. The molecule has 3 fully saturated rings. The molecule has 0 radical (unpaired) electrons. The molecule has 5 heteroatoms. The first-order valence-corrected chi connectivity index (χ1v) is 8.80. The van der Waals surface area contributed by atoms with Gasteiger partial charge < -0.3 is 0 Å². The molecule has 0 aromatic heterocycles. The van der Waals surface area contributed by atoms with Crippen molar-refractivity contribution in [3.05, 3.63) is 46.5 Å². The number of allylic oxidation sites excluding steroid dienone is 2. The largest absolute Gasteiger partial charge is 0.272 e. The molecule has 1 aromatic rings. The van der Waals surface area contributed by atoms with E-state index in [9.17, 15) is 9.59 Å². The predicted octanol–water partition coefficient (Wildman–Crippen LogP) is 2.84. The van der Waals surface area contributed by atoms with Crippen molar-refractivity contribution < 1.29 is 9.59 Å². The molecular formula is C18H15BrN2O2. The van der Waals surface area contributed by atoms with E-state index in [1.54, 1.807) is 6.21 Å². The quantitative estimate of drug-likeness (QED) is 0.456. The minimum atomic E-state index is -0.177. The van der Waals surface area contributed by atoms with E-state index in [-0.39, 0.29) is 35.5 Å². The van der Waals surface area contributed by atoms with Gasteiger partial charge in [-0.3, -0.25) is 9.59 Å². The number of hydrogen-bond acceptors (Lipinski definition) is 3. The van der Waals surface area contributed by atoms with Gasteiger partial charge in [0.15, 0.2) is 0 Å². The lowest BCUT2D eigenvalue weighted by molar-refractivity contribution is -0.140. The zero-order valence-corrected chi connectivity index (χ0v) is 13.9. The second-order valence-electron chi connectivity index (χ2n) is 6.94. The Bertz CT molecular complexity index is 734. The first-order valence-electron chi connectivity index (χ1n) is 8.01. The van der Waals surface area contributed by atoms with E-state index in [1.165, 1.54) is 6.42 Å². The molecule has 4 aliphatic carbocycles. The van der Waals surface area contributed by atoms with E-state index in [0.717, 1.165) is 15.0 Å². The van der Waals surface area contributed by atoms with Crippen molar-refractivity contribution in [3.8, 4) is 0 Å². The summed E-state index contributed by atoms with van der Waals surface area (Å²) >= 11 is 3.38. The van der Waals surface area contributed by atoms with E-state index in [1.807, 2.05) is 24.3 Å². The Morgan fingerprint density at radius 2 is 1.57 bits per heavy atom. The predicted molar refractivity (Wildman–Crippen MR) is 88.3 cm³/mol. The van der Waals surface area contributed by atoms with Gasteiger partial charge in [0.2, 0.25) is 0 Å². The van der Waals surface area contributed by atoms with Crippen molar-refractivity contribution in [2.24, 2.45) is 40.6 Å². The first-order chi connectivity index (χ1) is 11.1. The van der Waals surface area contributed by atoms with Crippen LogP contribution in [0.25, 0.3) is 0 Å². The molecule has 6 atom stereocenters. The topological polar surface area (TPSA) is 49.7 Å². The van der Waals surface area contributed by atoms with Gasteiger partial charge in [0, 0.05) is 4.47 Å².